The van der Waals surface area contributed by atoms with Crippen LogP contribution in [0.3, 0.4) is 0 Å². The molecule has 27 heavy (non-hydrogen) atoms. The standard InChI is InChI=1S/C20H17BrN4O2/c1-3-27-20(26)18-19-12(2)24-17(15-6-4-5-9-22-15)14-10-13(21)7-8-16(14)25(19)11-23-18/h4-12H,3H2,1-2H3/t12-/m1/s1. The van der Waals surface area contributed by atoms with Crippen molar-refractivity contribution in [2.45, 2.75) is 19.9 Å². The van der Waals surface area contributed by atoms with Gasteiger partial charge in [0.15, 0.2) is 5.69 Å². The fraction of sp³-hybridized carbons (Fsp3) is 0.200. The molecule has 2 aromatic heterocycles. The summed E-state index contributed by atoms with van der Waals surface area (Å²) in [6.07, 6.45) is 3.40. The molecule has 136 valence electrons. The largest absolute Gasteiger partial charge is 0.461 e. The molecule has 0 unspecified atom stereocenters. The van der Waals surface area contributed by atoms with Gasteiger partial charge in [0.05, 0.1) is 35.4 Å². The van der Waals surface area contributed by atoms with Gasteiger partial charge in [-0.1, -0.05) is 22.0 Å². The average molecular weight is 425 g/mol. The summed E-state index contributed by atoms with van der Waals surface area (Å²) in [5, 5.41) is 0. The second kappa shape index (κ2) is 7.08. The first kappa shape index (κ1) is 17.6. The zero-order valence-electron chi connectivity index (χ0n) is 14.9. The van der Waals surface area contributed by atoms with Crippen molar-refractivity contribution < 1.29 is 9.53 Å². The number of rotatable bonds is 3. The normalized spacial score (nSPS) is 15.4. The van der Waals surface area contributed by atoms with Crippen LogP contribution in [0.4, 0.5) is 0 Å². The van der Waals surface area contributed by atoms with Gasteiger partial charge in [-0.2, -0.15) is 0 Å². The highest BCUT2D eigenvalue weighted by molar-refractivity contribution is 9.10. The highest BCUT2D eigenvalue weighted by Gasteiger charge is 2.29. The zero-order valence-corrected chi connectivity index (χ0v) is 16.5. The molecule has 1 atom stereocenters. The summed E-state index contributed by atoms with van der Waals surface area (Å²) >= 11 is 3.55. The molecule has 3 aromatic rings. The molecule has 7 heteroatoms. The zero-order chi connectivity index (χ0) is 19.0. The number of aromatic nitrogens is 3. The minimum atomic E-state index is -0.437. The van der Waals surface area contributed by atoms with Gasteiger partial charge in [-0.25, -0.2) is 9.78 Å². The van der Waals surface area contributed by atoms with Crippen LogP contribution < -0.4 is 0 Å². The number of hydrogen-bond donors (Lipinski definition) is 0. The number of ether oxygens (including phenoxy) is 1. The number of benzene rings is 1. The van der Waals surface area contributed by atoms with Gasteiger partial charge >= 0.3 is 5.97 Å². The Bertz CT molecular complexity index is 1040. The topological polar surface area (TPSA) is 69.4 Å². The number of esters is 1. The monoisotopic (exact) mass is 424 g/mol. The molecule has 0 aliphatic carbocycles. The predicted octanol–water partition coefficient (Wildman–Crippen LogP) is 4.12. The molecule has 4 rings (SSSR count). The SMILES string of the molecule is CCOC(=O)c1ncn2c1[C@@H](C)N=C(c1ccccn1)c1cc(Br)ccc1-2. The van der Waals surface area contributed by atoms with Gasteiger partial charge in [-0.15, -0.1) is 0 Å². The number of nitrogens with zero attached hydrogens (tertiary/aromatic N) is 4. The minimum absolute atomic E-state index is 0.296. The van der Waals surface area contributed by atoms with Crippen molar-refractivity contribution in [2.75, 3.05) is 6.61 Å². The highest BCUT2D eigenvalue weighted by Crippen LogP contribution is 2.33. The summed E-state index contributed by atoms with van der Waals surface area (Å²) in [6, 6.07) is 11.4. The quantitative estimate of drug-likeness (QED) is 0.592. The number of imidazole rings is 1. The molecule has 0 saturated heterocycles. The van der Waals surface area contributed by atoms with E-state index in [-0.39, 0.29) is 6.04 Å². The van der Waals surface area contributed by atoms with E-state index >= 15 is 0 Å². The van der Waals surface area contributed by atoms with Crippen molar-refractivity contribution >= 4 is 27.6 Å². The first-order valence-corrected chi connectivity index (χ1v) is 9.43. The van der Waals surface area contributed by atoms with Crippen molar-refractivity contribution in [3.8, 4) is 5.69 Å². The fourth-order valence-electron chi connectivity index (χ4n) is 3.25. The maximum atomic E-state index is 12.4. The van der Waals surface area contributed by atoms with Crippen molar-refractivity contribution in [3.05, 3.63) is 76.0 Å². The van der Waals surface area contributed by atoms with Crippen LogP contribution >= 0.6 is 15.9 Å². The molecule has 0 spiro atoms. The molecular weight excluding hydrogens is 408 g/mol. The first-order valence-electron chi connectivity index (χ1n) is 8.64. The number of carbonyl (C=O) groups is 1. The minimum Gasteiger partial charge on any atom is -0.461 e. The Morgan fingerprint density at radius 3 is 2.85 bits per heavy atom. The van der Waals surface area contributed by atoms with Crippen molar-refractivity contribution in [1.82, 2.24) is 14.5 Å². The summed E-state index contributed by atoms with van der Waals surface area (Å²) in [5.41, 5.74) is 4.37. The first-order chi connectivity index (χ1) is 13.1. The number of halogens is 1. The van der Waals surface area contributed by atoms with E-state index in [0.717, 1.165) is 27.1 Å². The Morgan fingerprint density at radius 1 is 1.26 bits per heavy atom. The molecule has 1 aliphatic rings. The van der Waals surface area contributed by atoms with Gasteiger partial charge in [0.2, 0.25) is 0 Å². The van der Waals surface area contributed by atoms with Crippen LogP contribution in [0.5, 0.6) is 0 Å². The van der Waals surface area contributed by atoms with E-state index in [1.807, 2.05) is 47.9 Å². The molecule has 0 amide bonds. The highest BCUT2D eigenvalue weighted by atomic mass is 79.9. The summed E-state index contributed by atoms with van der Waals surface area (Å²) in [7, 11) is 0. The molecule has 0 fully saturated rings. The van der Waals surface area contributed by atoms with Gasteiger partial charge < -0.3 is 4.74 Å². The number of hydrogen-bond acceptors (Lipinski definition) is 5. The second-order valence-electron chi connectivity index (χ2n) is 6.10. The number of carbonyl (C=O) groups excluding carboxylic acids is 1. The summed E-state index contributed by atoms with van der Waals surface area (Å²) in [5.74, 6) is -0.437. The molecule has 0 radical (unpaired) electrons. The molecule has 0 bridgehead atoms. The average Bonchev–Trinajstić information content (AvgIpc) is 3.07. The smallest absolute Gasteiger partial charge is 0.358 e. The third kappa shape index (κ3) is 3.08. The number of fused-ring (bicyclic) bond motifs is 3. The van der Waals surface area contributed by atoms with Gasteiger partial charge in [-0.3, -0.25) is 14.5 Å². The third-order valence-corrected chi connectivity index (χ3v) is 4.87. The van der Waals surface area contributed by atoms with Crippen molar-refractivity contribution in [2.24, 2.45) is 4.99 Å². The third-order valence-electron chi connectivity index (χ3n) is 4.37. The van der Waals surface area contributed by atoms with Crippen molar-refractivity contribution in [3.63, 3.8) is 0 Å². The molecule has 3 heterocycles. The maximum Gasteiger partial charge on any atom is 0.358 e. The summed E-state index contributed by atoms with van der Waals surface area (Å²) < 4.78 is 8.03. The summed E-state index contributed by atoms with van der Waals surface area (Å²) in [4.78, 5) is 26.1. The Hall–Kier alpha value is -2.80. The van der Waals surface area contributed by atoms with Gasteiger partial charge in [0, 0.05) is 16.2 Å². The fourth-order valence-corrected chi connectivity index (χ4v) is 3.61. The van der Waals surface area contributed by atoms with E-state index in [4.69, 9.17) is 9.73 Å². The Morgan fingerprint density at radius 2 is 2.11 bits per heavy atom. The van der Waals surface area contributed by atoms with Gasteiger partial charge in [0.25, 0.3) is 0 Å². The Labute approximate surface area is 165 Å². The summed E-state index contributed by atoms with van der Waals surface area (Å²) in [6.45, 7) is 4.02. The van der Waals surface area contributed by atoms with Gasteiger partial charge in [0.1, 0.15) is 6.33 Å². The lowest BCUT2D eigenvalue weighted by molar-refractivity contribution is 0.0518. The van der Waals surface area contributed by atoms with Crippen LogP contribution in [0.1, 0.15) is 47.3 Å². The van der Waals surface area contributed by atoms with Crippen LogP contribution in [-0.4, -0.2) is 32.8 Å². The van der Waals surface area contributed by atoms with E-state index in [1.54, 1.807) is 19.4 Å². The second-order valence-corrected chi connectivity index (χ2v) is 7.01. The van der Waals surface area contributed by atoms with Crippen LogP contribution in [0.2, 0.25) is 0 Å². The van der Waals surface area contributed by atoms with E-state index in [2.05, 4.69) is 25.9 Å². The maximum absolute atomic E-state index is 12.4. The van der Waals surface area contributed by atoms with Crippen LogP contribution in [0, 0.1) is 0 Å². The molecular formula is C20H17BrN4O2. The number of pyridine rings is 1. The van der Waals surface area contributed by atoms with Crippen LogP contribution in [-0.2, 0) is 4.74 Å². The Balaban J connectivity index is 1.98. The predicted molar refractivity (Wildman–Crippen MR) is 106 cm³/mol. The molecule has 6 nitrogen and oxygen atoms in total. The van der Waals surface area contributed by atoms with Gasteiger partial charge in [-0.05, 0) is 44.2 Å². The molecule has 1 aromatic carbocycles. The van der Waals surface area contributed by atoms with E-state index < -0.39 is 5.97 Å². The molecule has 1 aliphatic heterocycles. The lowest BCUT2D eigenvalue weighted by Crippen LogP contribution is -2.11. The van der Waals surface area contributed by atoms with E-state index in [1.165, 1.54) is 0 Å². The lowest BCUT2D eigenvalue weighted by atomic mass is 10.0. The van der Waals surface area contributed by atoms with E-state index in [0.29, 0.717) is 18.0 Å². The van der Waals surface area contributed by atoms with E-state index in [9.17, 15) is 4.79 Å². The molecule has 0 saturated carbocycles. The van der Waals surface area contributed by atoms with Crippen molar-refractivity contribution in [1.29, 1.82) is 0 Å². The van der Waals surface area contributed by atoms with Crippen LogP contribution in [0.15, 0.2) is 58.4 Å². The Kier molecular flexibility index (Phi) is 4.61. The van der Waals surface area contributed by atoms with Crippen LogP contribution in [0.25, 0.3) is 5.69 Å². The lowest BCUT2D eigenvalue weighted by Gasteiger charge is -2.12. The molecule has 0 N–H and O–H groups in total. The number of aliphatic imine (C=N–C) groups is 1.